The molecule has 2 unspecified atom stereocenters. The van der Waals surface area contributed by atoms with Crippen molar-refractivity contribution in [2.45, 2.75) is 22.8 Å². The summed E-state index contributed by atoms with van der Waals surface area (Å²) in [6.07, 6.45) is -4.86. The van der Waals surface area contributed by atoms with Crippen LogP contribution >= 0.6 is 50.7 Å². The predicted molar refractivity (Wildman–Crippen MR) is 113 cm³/mol. The monoisotopic (exact) mass is 577 g/mol. The lowest BCUT2D eigenvalue weighted by molar-refractivity contribution is -0.123. The topological polar surface area (TPSA) is 46.2 Å². The van der Waals surface area contributed by atoms with Gasteiger partial charge in [-0.3, -0.25) is 9.59 Å². The summed E-state index contributed by atoms with van der Waals surface area (Å²) < 4.78 is 62.6. The zero-order chi connectivity index (χ0) is 24.0. The third-order valence-electron chi connectivity index (χ3n) is 4.87. The number of hydrogen-bond acceptors (Lipinski definition) is 2. The third-order valence-corrected chi connectivity index (χ3v) is 6.72. The van der Waals surface area contributed by atoms with Crippen molar-refractivity contribution in [1.82, 2.24) is 5.32 Å². The minimum Gasteiger partial charge on any atom is -0.343 e. The van der Waals surface area contributed by atoms with Crippen LogP contribution in [0.1, 0.15) is 27.4 Å². The van der Waals surface area contributed by atoms with E-state index in [0.29, 0.717) is 0 Å². The van der Waals surface area contributed by atoms with Crippen LogP contribution in [-0.4, -0.2) is 28.7 Å². The van der Waals surface area contributed by atoms with Gasteiger partial charge in [0, 0.05) is 12.3 Å². The molecule has 0 radical (unpaired) electrons. The number of alkyl halides is 5. The summed E-state index contributed by atoms with van der Waals surface area (Å²) in [6.45, 7) is -1.54. The van der Waals surface area contributed by atoms with Crippen LogP contribution in [0.2, 0.25) is 5.02 Å². The second kappa shape index (κ2) is 9.08. The van der Waals surface area contributed by atoms with Crippen LogP contribution < -0.4 is 5.32 Å². The molecule has 2 aromatic rings. The maximum atomic E-state index is 13.8. The number of nitrogens with one attached hydrogen (secondary N) is 1. The van der Waals surface area contributed by atoms with Crippen LogP contribution in [0.15, 0.2) is 34.8 Å². The van der Waals surface area contributed by atoms with Crippen LogP contribution in [0.25, 0.3) is 0 Å². The fourth-order valence-corrected chi connectivity index (χ4v) is 4.87. The number of hydrogen-bond donors (Lipinski definition) is 1. The highest BCUT2D eigenvalue weighted by atomic mass is 79.9. The molecule has 0 aromatic heterocycles. The Balaban J connectivity index is 1.77. The van der Waals surface area contributed by atoms with Gasteiger partial charge in [0.25, 0.3) is 5.91 Å². The predicted octanol–water partition coefficient (Wildman–Crippen LogP) is 6.37. The fourth-order valence-electron chi connectivity index (χ4n) is 3.34. The summed E-state index contributed by atoms with van der Waals surface area (Å²) in [6, 6.07) is 6.08. The molecule has 1 amide bonds. The lowest BCUT2D eigenvalue weighted by Crippen LogP contribution is -2.33. The Kier molecular flexibility index (Phi) is 7.15. The van der Waals surface area contributed by atoms with E-state index in [2.05, 4.69) is 15.9 Å². The van der Waals surface area contributed by atoms with E-state index in [1.165, 1.54) is 24.3 Å². The van der Waals surface area contributed by atoms with E-state index >= 15 is 0 Å². The van der Waals surface area contributed by atoms with E-state index in [9.17, 15) is 31.5 Å². The molecule has 12 heteroatoms. The van der Waals surface area contributed by atoms with Gasteiger partial charge < -0.3 is 5.32 Å². The van der Waals surface area contributed by atoms with Crippen molar-refractivity contribution in [2.75, 3.05) is 6.54 Å². The molecular formula is C20H12BrCl3F5NO2. The van der Waals surface area contributed by atoms with E-state index < -0.39 is 52.2 Å². The van der Waals surface area contributed by atoms with Crippen LogP contribution in [0, 0.1) is 17.6 Å². The Morgan fingerprint density at radius 3 is 2.38 bits per heavy atom. The molecule has 3 nitrogen and oxygen atoms in total. The Hall–Kier alpha value is -1.42. The molecule has 1 aliphatic carbocycles. The van der Waals surface area contributed by atoms with Crippen molar-refractivity contribution in [3.05, 3.63) is 68.2 Å². The van der Waals surface area contributed by atoms with E-state index in [0.717, 1.165) is 6.07 Å². The van der Waals surface area contributed by atoms with Gasteiger partial charge in [0.2, 0.25) is 0 Å². The first-order chi connectivity index (χ1) is 14.7. The van der Waals surface area contributed by atoms with Gasteiger partial charge in [-0.1, -0.05) is 17.7 Å². The molecule has 32 heavy (non-hydrogen) atoms. The van der Waals surface area contributed by atoms with Crippen molar-refractivity contribution < 1.29 is 31.5 Å². The number of halogens is 9. The SMILES string of the molecule is O=C(NCC(F)(F)F)c1cc(CC(=O)C2C(c3cc(F)c(F)c(Br)c3)C2(Cl)Cl)ccc1Cl. The van der Waals surface area contributed by atoms with Gasteiger partial charge in [0.05, 0.1) is 21.0 Å². The van der Waals surface area contributed by atoms with E-state index in [1.54, 1.807) is 5.32 Å². The molecular weight excluding hydrogens is 567 g/mol. The summed E-state index contributed by atoms with van der Waals surface area (Å²) in [5.74, 6) is -5.48. The molecule has 0 heterocycles. The number of carbonyl (C=O) groups is 2. The van der Waals surface area contributed by atoms with E-state index in [-0.39, 0.29) is 32.6 Å². The summed E-state index contributed by atoms with van der Waals surface area (Å²) in [5, 5.41) is 1.61. The Morgan fingerprint density at radius 1 is 1.12 bits per heavy atom. The average Bonchev–Trinajstić information content (AvgIpc) is 3.27. The highest BCUT2D eigenvalue weighted by molar-refractivity contribution is 9.10. The van der Waals surface area contributed by atoms with Crippen molar-refractivity contribution in [1.29, 1.82) is 0 Å². The highest BCUT2D eigenvalue weighted by Gasteiger charge is 2.67. The van der Waals surface area contributed by atoms with E-state index in [1.807, 2.05) is 0 Å². The zero-order valence-corrected chi connectivity index (χ0v) is 19.5. The lowest BCUT2D eigenvalue weighted by Gasteiger charge is -2.10. The number of carbonyl (C=O) groups excluding carboxylic acids is 2. The smallest absolute Gasteiger partial charge is 0.343 e. The summed E-state index contributed by atoms with van der Waals surface area (Å²) >= 11 is 21.2. The Labute approximate surface area is 202 Å². The molecule has 0 saturated heterocycles. The van der Waals surface area contributed by atoms with Crippen molar-refractivity contribution in [3.8, 4) is 0 Å². The first-order valence-corrected chi connectivity index (χ1v) is 10.8. The number of rotatable bonds is 6. The van der Waals surface area contributed by atoms with Gasteiger partial charge in [-0.2, -0.15) is 13.2 Å². The molecule has 1 saturated carbocycles. The first kappa shape index (κ1) is 25.2. The number of benzene rings is 2. The maximum absolute atomic E-state index is 13.8. The van der Waals surface area contributed by atoms with Gasteiger partial charge in [-0.15, -0.1) is 23.2 Å². The third kappa shape index (κ3) is 5.38. The maximum Gasteiger partial charge on any atom is 0.405 e. The van der Waals surface area contributed by atoms with Gasteiger partial charge in [-0.25, -0.2) is 8.78 Å². The molecule has 1 aliphatic rings. The standard InChI is InChI=1S/C20H12BrCl3F5NO2/c21-11-5-9(6-13(25)17(11)26)15-16(20(15,23)24)14(31)4-8-1-2-12(22)10(3-8)18(32)30-7-19(27,28)29/h1-3,5-6,15-16H,4,7H2,(H,30,32). The van der Waals surface area contributed by atoms with Gasteiger partial charge in [0.1, 0.15) is 16.7 Å². The highest BCUT2D eigenvalue weighted by Crippen LogP contribution is 2.65. The Morgan fingerprint density at radius 2 is 1.78 bits per heavy atom. The first-order valence-electron chi connectivity index (χ1n) is 8.90. The zero-order valence-electron chi connectivity index (χ0n) is 15.7. The molecule has 1 fully saturated rings. The molecule has 172 valence electrons. The number of amides is 1. The molecule has 0 spiro atoms. The van der Waals surface area contributed by atoms with Crippen LogP contribution in [-0.2, 0) is 11.2 Å². The minimum absolute atomic E-state index is 0.0964. The number of Topliss-reactive ketones (excluding diaryl/α,β-unsaturated/α-hetero) is 1. The molecule has 0 bridgehead atoms. The molecule has 1 N–H and O–H groups in total. The normalized spacial score (nSPS) is 19.5. The summed E-state index contributed by atoms with van der Waals surface area (Å²) in [4.78, 5) is 24.8. The number of ketones is 1. The van der Waals surface area contributed by atoms with Crippen molar-refractivity contribution in [3.63, 3.8) is 0 Å². The summed E-state index contributed by atoms with van der Waals surface area (Å²) in [7, 11) is 0. The van der Waals surface area contributed by atoms with Gasteiger partial charge in [0.15, 0.2) is 11.6 Å². The second-order valence-corrected chi connectivity index (χ2v) is 9.89. The van der Waals surface area contributed by atoms with Crippen LogP contribution in [0.5, 0.6) is 0 Å². The average molecular weight is 580 g/mol. The van der Waals surface area contributed by atoms with Gasteiger partial charge >= 0.3 is 6.18 Å². The lowest BCUT2D eigenvalue weighted by atomic mass is 10.0. The van der Waals surface area contributed by atoms with E-state index in [4.69, 9.17) is 34.8 Å². The quantitative estimate of drug-likeness (QED) is 0.246. The van der Waals surface area contributed by atoms with Crippen molar-refractivity contribution >= 4 is 62.4 Å². The molecule has 0 aliphatic heterocycles. The second-order valence-electron chi connectivity index (χ2n) is 7.18. The fraction of sp³-hybridized carbons (Fsp3) is 0.300. The minimum atomic E-state index is -4.60. The van der Waals surface area contributed by atoms with Crippen LogP contribution in [0.3, 0.4) is 0 Å². The summed E-state index contributed by atoms with van der Waals surface area (Å²) in [5.41, 5.74) is 0.279. The molecule has 2 atom stereocenters. The van der Waals surface area contributed by atoms with Gasteiger partial charge in [-0.05, 0) is 51.3 Å². The molecule has 2 aromatic carbocycles. The van der Waals surface area contributed by atoms with Crippen LogP contribution in [0.4, 0.5) is 22.0 Å². The Bertz CT molecular complexity index is 1070. The largest absolute Gasteiger partial charge is 0.405 e. The van der Waals surface area contributed by atoms with Crippen molar-refractivity contribution in [2.24, 2.45) is 5.92 Å². The molecule has 3 rings (SSSR count).